The maximum Gasteiger partial charge on any atom is 0.407 e. The van der Waals surface area contributed by atoms with E-state index in [1.807, 2.05) is 0 Å². The lowest BCUT2D eigenvalue weighted by Crippen LogP contribution is -2.32. The molecule has 1 aliphatic rings. The molecule has 1 aliphatic carbocycles. The normalized spacial score (nSPS) is 18.5. The van der Waals surface area contributed by atoms with Crippen molar-refractivity contribution < 1.29 is 18.7 Å². The van der Waals surface area contributed by atoms with Gasteiger partial charge in [0.2, 0.25) is 0 Å². The van der Waals surface area contributed by atoms with E-state index in [1.54, 1.807) is 6.07 Å². The molecule has 1 unspecified atom stereocenters. The Labute approximate surface area is 97.8 Å². The minimum atomic E-state index is -0.584. The maximum atomic E-state index is 13.5. The molecule has 0 heterocycles. The van der Waals surface area contributed by atoms with E-state index in [1.165, 1.54) is 19.2 Å². The highest BCUT2D eigenvalue weighted by Gasteiger charge is 2.29. The summed E-state index contributed by atoms with van der Waals surface area (Å²) in [7, 11) is 1.26. The lowest BCUT2D eigenvalue weighted by Gasteiger charge is -2.25. The lowest BCUT2D eigenvalue weighted by atomic mass is 9.86. The smallest absolute Gasteiger partial charge is 0.407 e. The van der Waals surface area contributed by atoms with Crippen LogP contribution in [0.2, 0.25) is 0 Å². The number of benzene rings is 1. The van der Waals surface area contributed by atoms with Crippen LogP contribution in [0.25, 0.3) is 0 Å². The van der Waals surface area contributed by atoms with Crippen LogP contribution in [0.3, 0.4) is 0 Å². The third-order valence-corrected chi connectivity index (χ3v) is 2.84. The number of hydrogen-bond acceptors (Lipinski definition) is 3. The van der Waals surface area contributed by atoms with E-state index < -0.39 is 11.9 Å². The van der Waals surface area contributed by atoms with E-state index in [0.29, 0.717) is 12.0 Å². The molecule has 1 amide bonds. The van der Waals surface area contributed by atoms with Gasteiger partial charge in [-0.3, -0.25) is 4.79 Å². The fraction of sp³-hybridized carbons (Fsp3) is 0.333. The standard InChI is InChI=1S/C12H12FNO3/c1-17-12(16)14-9-5-6-10(15)11-7(9)3-2-4-8(11)13/h2-4,9H,5-6H2,1H3,(H,14,16). The van der Waals surface area contributed by atoms with Gasteiger partial charge < -0.3 is 10.1 Å². The van der Waals surface area contributed by atoms with Gasteiger partial charge in [0.15, 0.2) is 5.78 Å². The Kier molecular flexibility index (Phi) is 3.08. The van der Waals surface area contributed by atoms with Gasteiger partial charge in [-0.25, -0.2) is 9.18 Å². The SMILES string of the molecule is COC(=O)NC1CCC(=O)c2c(F)cccc21. The summed E-state index contributed by atoms with van der Waals surface area (Å²) in [6.07, 6.45) is 0.104. The Balaban J connectivity index is 2.36. The summed E-state index contributed by atoms with van der Waals surface area (Å²) in [5, 5.41) is 2.59. The molecular formula is C12H12FNO3. The number of ether oxygens (including phenoxy) is 1. The second-order valence-corrected chi connectivity index (χ2v) is 3.85. The van der Waals surface area contributed by atoms with Crippen molar-refractivity contribution in [2.24, 2.45) is 0 Å². The fourth-order valence-electron chi connectivity index (χ4n) is 2.03. The highest BCUT2D eigenvalue weighted by atomic mass is 19.1. The highest BCUT2D eigenvalue weighted by molar-refractivity contribution is 5.99. The van der Waals surface area contributed by atoms with Crippen molar-refractivity contribution in [2.45, 2.75) is 18.9 Å². The molecule has 5 heteroatoms. The minimum absolute atomic E-state index is 0.0835. The van der Waals surface area contributed by atoms with E-state index in [9.17, 15) is 14.0 Å². The number of fused-ring (bicyclic) bond motifs is 1. The third-order valence-electron chi connectivity index (χ3n) is 2.84. The van der Waals surface area contributed by atoms with Crippen LogP contribution in [0.1, 0.15) is 34.8 Å². The molecule has 90 valence electrons. The molecule has 0 radical (unpaired) electrons. The second kappa shape index (κ2) is 4.53. The molecule has 1 aromatic carbocycles. The number of alkyl carbamates (subject to hydrolysis) is 1. The molecule has 0 saturated heterocycles. The van der Waals surface area contributed by atoms with Crippen molar-refractivity contribution >= 4 is 11.9 Å². The Morgan fingerprint density at radius 3 is 3.00 bits per heavy atom. The summed E-state index contributed by atoms with van der Waals surface area (Å²) >= 11 is 0. The van der Waals surface area contributed by atoms with E-state index in [-0.39, 0.29) is 23.8 Å². The van der Waals surface area contributed by atoms with Gasteiger partial charge >= 0.3 is 6.09 Å². The molecule has 0 fully saturated rings. The summed E-state index contributed by atoms with van der Waals surface area (Å²) in [5.74, 6) is -0.759. The van der Waals surface area contributed by atoms with E-state index >= 15 is 0 Å². The number of Topliss-reactive ketones (excluding diaryl/α,β-unsaturated/α-hetero) is 1. The summed E-state index contributed by atoms with van der Waals surface area (Å²) in [4.78, 5) is 22.8. The van der Waals surface area contributed by atoms with Crippen molar-refractivity contribution in [1.82, 2.24) is 5.32 Å². The molecular weight excluding hydrogens is 225 g/mol. The molecule has 1 N–H and O–H groups in total. The molecule has 0 spiro atoms. The van der Waals surface area contributed by atoms with Crippen molar-refractivity contribution in [1.29, 1.82) is 0 Å². The Bertz CT molecular complexity index is 473. The number of methoxy groups -OCH3 is 1. The van der Waals surface area contributed by atoms with Crippen LogP contribution in [0.4, 0.5) is 9.18 Å². The number of carbonyl (C=O) groups excluding carboxylic acids is 2. The van der Waals surface area contributed by atoms with E-state index in [0.717, 1.165) is 0 Å². The first kappa shape index (κ1) is 11.6. The number of carbonyl (C=O) groups is 2. The molecule has 17 heavy (non-hydrogen) atoms. The van der Waals surface area contributed by atoms with Crippen LogP contribution in [0.5, 0.6) is 0 Å². The first-order valence-electron chi connectivity index (χ1n) is 5.29. The molecule has 1 aromatic rings. The molecule has 2 rings (SSSR count). The molecule has 0 aliphatic heterocycles. The van der Waals surface area contributed by atoms with E-state index in [4.69, 9.17) is 0 Å². The van der Waals surface area contributed by atoms with Gasteiger partial charge in [-0.15, -0.1) is 0 Å². The summed E-state index contributed by atoms with van der Waals surface area (Å²) in [5.41, 5.74) is 0.604. The summed E-state index contributed by atoms with van der Waals surface area (Å²) in [6, 6.07) is 4.05. The first-order chi connectivity index (χ1) is 8.13. The number of nitrogens with one attached hydrogen (secondary N) is 1. The van der Waals surface area contributed by atoms with Crippen molar-refractivity contribution in [3.05, 3.63) is 35.1 Å². The van der Waals surface area contributed by atoms with Gasteiger partial charge in [0, 0.05) is 6.42 Å². The van der Waals surface area contributed by atoms with Gasteiger partial charge in [-0.1, -0.05) is 12.1 Å². The molecule has 0 saturated carbocycles. The predicted molar refractivity (Wildman–Crippen MR) is 58.2 cm³/mol. The Morgan fingerprint density at radius 1 is 1.53 bits per heavy atom. The highest BCUT2D eigenvalue weighted by Crippen LogP contribution is 2.31. The zero-order valence-electron chi connectivity index (χ0n) is 9.33. The van der Waals surface area contributed by atoms with Gasteiger partial charge in [-0.2, -0.15) is 0 Å². The topological polar surface area (TPSA) is 55.4 Å². The largest absolute Gasteiger partial charge is 0.453 e. The van der Waals surface area contributed by atoms with Crippen molar-refractivity contribution in [2.75, 3.05) is 7.11 Å². The van der Waals surface area contributed by atoms with Gasteiger partial charge in [-0.05, 0) is 18.1 Å². The van der Waals surface area contributed by atoms with Crippen LogP contribution in [-0.2, 0) is 4.74 Å². The number of rotatable bonds is 1. The van der Waals surface area contributed by atoms with Crippen LogP contribution in [0.15, 0.2) is 18.2 Å². The van der Waals surface area contributed by atoms with Crippen LogP contribution in [0, 0.1) is 5.82 Å². The maximum absolute atomic E-state index is 13.5. The average molecular weight is 237 g/mol. The number of ketones is 1. The lowest BCUT2D eigenvalue weighted by molar-refractivity contribution is 0.0956. The predicted octanol–water partition coefficient (Wildman–Crippen LogP) is 2.20. The quantitative estimate of drug-likeness (QED) is 0.814. The fourth-order valence-corrected chi connectivity index (χ4v) is 2.03. The Hall–Kier alpha value is -1.91. The monoisotopic (exact) mass is 237 g/mol. The molecule has 4 nitrogen and oxygen atoms in total. The van der Waals surface area contributed by atoms with E-state index in [2.05, 4.69) is 10.1 Å². The molecule has 0 bridgehead atoms. The zero-order chi connectivity index (χ0) is 12.4. The first-order valence-corrected chi connectivity index (χ1v) is 5.29. The number of hydrogen-bond donors (Lipinski definition) is 1. The van der Waals surface area contributed by atoms with Crippen molar-refractivity contribution in [3.63, 3.8) is 0 Å². The van der Waals surface area contributed by atoms with Crippen LogP contribution < -0.4 is 5.32 Å². The number of halogens is 1. The van der Waals surface area contributed by atoms with Crippen molar-refractivity contribution in [3.8, 4) is 0 Å². The van der Waals surface area contributed by atoms with Gasteiger partial charge in [0.05, 0.1) is 18.7 Å². The average Bonchev–Trinajstić information content (AvgIpc) is 2.32. The molecule has 1 atom stereocenters. The summed E-state index contributed by atoms with van der Waals surface area (Å²) < 4.78 is 18.0. The van der Waals surface area contributed by atoms with Gasteiger partial charge in [0.1, 0.15) is 5.82 Å². The third kappa shape index (κ3) is 2.13. The second-order valence-electron chi connectivity index (χ2n) is 3.85. The van der Waals surface area contributed by atoms with Crippen LogP contribution >= 0.6 is 0 Å². The summed E-state index contributed by atoms with van der Waals surface area (Å²) in [6.45, 7) is 0. The van der Waals surface area contributed by atoms with Crippen LogP contribution in [-0.4, -0.2) is 19.0 Å². The Morgan fingerprint density at radius 2 is 2.29 bits per heavy atom. The van der Waals surface area contributed by atoms with Gasteiger partial charge in [0.25, 0.3) is 0 Å². The molecule has 0 aromatic heterocycles. The minimum Gasteiger partial charge on any atom is -0.453 e. The zero-order valence-corrected chi connectivity index (χ0v) is 9.33. The number of amides is 1.